The monoisotopic (exact) mass is 363 g/mol. The van der Waals surface area contributed by atoms with Crippen LogP contribution in [0.25, 0.3) is 0 Å². The first-order valence-electron chi connectivity index (χ1n) is 7.93. The van der Waals surface area contributed by atoms with Crippen LogP contribution in [0.3, 0.4) is 0 Å². The van der Waals surface area contributed by atoms with Gasteiger partial charge in [-0.15, -0.1) is 0 Å². The lowest BCUT2D eigenvalue weighted by Crippen LogP contribution is -3.12. The van der Waals surface area contributed by atoms with Crippen molar-refractivity contribution in [3.8, 4) is 0 Å². The van der Waals surface area contributed by atoms with E-state index in [-0.39, 0.29) is 5.91 Å². The SMILES string of the molecule is C[NH+]1CCN(C(=O)c2nc(SCc3ccccc3)ncc2Cl)CC1. The highest BCUT2D eigenvalue weighted by atomic mass is 35.5. The van der Waals surface area contributed by atoms with Gasteiger partial charge >= 0.3 is 0 Å². The zero-order valence-corrected chi connectivity index (χ0v) is 15.1. The average Bonchev–Trinajstić information content (AvgIpc) is 2.62. The van der Waals surface area contributed by atoms with Gasteiger partial charge in [-0.3, -0.25) is 4.79 Å². The van der Waals surface area contributed by atoms with Crippen molar-refractivity contribution in [2.45, 2.75) is 10.9 Å². The summed E-state index contributed by atoms with van der Waals surface area (Å²) < 4.78 is 0. The Morgan fingerprint density at radius 1 is 1.29 bits per heavy atom. The van der Waals surface area contributed by atoms with Crippen LogP contribution < -0.4 is 4.90 Å². The molecule has 0 radical (unpaired) electrons. The summed E-state index contributed by atoms with van der Waals surface area (Å²) in [7, 11) is 2.14. The first-order chi connectivity index (χ1) is 11.6. The van der Waals surface area contributed by atoms with Gasteiger partial charge in [0.25, 0.3) is 5.91 Å². The number of rotatable bonds is 4. The lowest BCUT2D eigenvalue weighted by Gasteiger charge is -2.29. The Bertz CT molecular complexity index is 705. The summed E-state index contributed by atoms with van der Waals surface area (Å²) in [6.45, 7) is 3.36. The first kappa shape index (κ1) is 17.2. The number of halogens is 1. The predicted molar refractivity (Wildman–Crippen MR) is 95.6 cm³/mol. The molecule has 5 nitrogen and oxygen atoms in total. The van der Waals surface area contributed by atoms with Crippen LogP contribution in [0.15, 0.2) is 41.7 Å². The number of aromatic nitrogens is 2. The number of carbonyl (C=O) groups is 1. The summed E-state index contributed by atoms with van der Waals surface area (Å²) in [5, 5.41) is 0.890. The van der Waals surface area contributed by atoms with Gasteiger partial charge < -0.3 is 9.80 Å². The number of nitrogens with one attached hydrogen (secondary N) is 1. The van der Waals surface area contributed by atoms with Crippen molar-refractivity contribution >= 4 is 29.3 Å². The Balaban J connectivity index is 1.70. The number of amides is 1. The van der Waals surface area contributed by atoms with Gasteiger partial charge in [0.15, 0.2) is 10.9 Å². The molecule has 1 amide bonds. The van der Waals surface area contributed by atoms with E-state index in [1.165, 1.54) is 28.4 Å². The van der Waals surface area contributed by atoms with Gasteiger partial charge in [-0.05, 0) is 5.56 Å². The van der Waals surface area contributed by atoms with Crippen LogP contribution in [0.2, 0.25) is 5.02 Å². The molecule has 0 aliphatic carbocycles. The van der Waals surface area contributed by atoms with E-state index in [2.05, 4.69) is 29.1 Å². The van der Waals surface area contributed by atoms with Gasteiger partial charge in [0.05, 0.1) is 44.4 Å². The molecule has 1 fully saturated rings. The lowest BCUT2D eigenvalue weighted by atomic mass is 10.2. The predicted octanol–water partition coefficient (Wildman–Crippen LogP) is 1.39. The molecule has 0 spiro atoms. The molecule has 24 heavy (non-hydrogen) atoms. The van der Waals surface area contributed by atoms with Crippen LogP contribution in [-0.2, 0) is 5.75 Å². The number of hydrogen-bond donors (Lipinski definition) is 1. The molecule has 0 saturated carbocycles. The van der Waals surface area contributed by atoms with Crippen molar-refractivity contribution in [1.29, 1.82) is 0 Å². The van der Waals surface area contributed by atoms with Crippen molar-refractivity contribution in [2.75, 3.05) is 33.2 Å². The number of piperazine rings is 1. The summed E-state index contributed by atoms with van der Waals surface area (Å²) in [6, 6.07) is 10.1. The number of thioether (sulfide) groups is 1. The van der Waals surface area contributed by atoms with Crippen molar-refractivity contribution in [3.05, 3.63) is 52.8 Å². The van der Waals surface area contributed by atoms with E-state index in [1.54, 1.807) is 0 Å². The highest BCUT2D eigenvalue weighted by molar-refractivity contribution is 7.98. The molecule has 126 valence electrons. The largest absolute Gasteiger partial charge is 0.334 e. The Morgan fingerprint density at radius 3 is 2.71 bits per heavy atom. The first-order valence-corrected chi connectivity index (χ1v) is 9.29. The molecule has 0 unspecified atom stereocenters. The van der Waals surface area contributed by atoms with Crippen LogP contribution in [-0.4, -0.2) is 54.0 Å². The van der Waals surface area contributed by atoms with E-state index >= 15 is 0 Å². The molecular formula is C17H20ClN4OS+. The molecule has 1 aliphatic heterocycles. The summed E-state index contributed by atoms with van der Waals surface area (Å²) in [4.78, 5) is 24.6. The van der Waals surface area contributed by atoms with E-state index < -0.39 is 0 Å². The van der Waals surface area contributed by atoms with Crippen LogP contribution >= 0.6 is 23.4 Å². The van der Waals surface area contributed by atoms with E-state index in [9.17, 15) is 4.79 Å². The van der Waals surface area contributed by atoms with E-state index in [1.807, 2.05) is 23.1 Å². The van der Waals surface area contributed by atoms with Crippen LogP contribution in [0.1, 0.15) is 16.1 Å². The summed E-state index contributed by atoms with van der Waals surface area (Å²) in [5.41, 5.74) is 1.50. The zero-order chi connectivity index (χ0) is 16.9. The molecule has 2 heterocycles. The number of quaternary nitrogens is 1. The lowest BCUT2D eigenvalue weighted by molar-refractivity contribution is -0.883. The number of likely N-dealkylation sites (N-methyl/N-ethyl adjacent to an activating group) is 1. The normalized spacial score (nSPS) is 15.5. The van der Waals surface area contributed by atoms with Gasteiger partial charge in [0.1, 0.15) is 0 Å². The molecule has 1 saturated heterocycles. The molecule has 1 aliphatic rings. The van der Waals surface area contributed by atoms with Gasteiger partial charge in [0.2, 0.25) is 0 Å². The number of hydrogen-bond acceptors (Lipinski definition) is 4. The highest BCUT2D eigenvalue weighted by Crippen LogP contribution is 2.22. The van der Waals surface area contributed by atoms with Crippen molar-refractivity contribution in [2.24, 2.45) is 0 Å². The van der Waals surface area contributed by atoms with Gasteiger partial charge in [-0.25, -0.2) is 9.97 Å². The molecule has 3 rings (SSSR count). The third-order valence-electron chi connectivity index (χ3n) is 4.04. The fourth-order valence-corrected chi connectivity index (χ4v) is 3.48. The Morgan fingerprint density at radius 2 is 2.00 bits per heavy atom. The third kappa shape index (κ3) is 4.26. The molecule has 7 heteroatoms. The molecule has 1 N–H and O–H groups in total. The maximum absolute atomic E-state index is 12.7. The van der Waals surface area contributed by atoms with Crippen LogP contribution in [0.4, 0.5) is 0 Å². The Kier molecular flexibility index (Phi) is 5.71. The van der Waals surface area contributed by atoms with E-state index in [0.717, 1.165) is 31.9 Å². The molecule has 1 aromatic carbocycles. The fraction of sp³-hybridized carbons (Fsp3) is 0.353. The minimum absolute atomic E-state index is 0.100. The zero-order valence-electron chi connectivity index (χ0n) is 13.5. The van der Waals surface area contributed by atoms with Gasteiger partial charge in [-0.2, -0.15) is 0 Å². The second-order valence-corrected chi connectivity index (χ2v) is 7.22. The van der Waals surface area contributed by atoms with Crippen molar-refractivity contribution < 1.29 is 9.69 Å². The minimum atomic E-state index is -0.100. The number of nitrogens with zero attached hydrogens (tertiary/aromatic N) is 3. The van der Waals surface area contributed by atoms with Crippen molar-refractivity contribution in [1.82, 2.24) is 14.9 Å². The highest BCUT2D eigenvalue weighted by Gasteiger charge is 2.25. The second kappa shape index (κ2) is 7.96. The van der Waals surface area contributed by atoms with Crippen LogP contribution in [0.5, 0.6) is 0 Å². The maximum atomic E-state index is 12.7. The topological polar surface area (TPSA) is 50.5 Å². The second-order valence-electron chi connectivity index (χ2n) is 5.87. The maximum Gasteiger partial charge on any atom is 0.274 e. The number of benzene rings is 1. The standard InChI is InChI=1S/C17H19ClN4OS/c1-21-7-9-22(10-8-21)16(23)15-14(18)11-19-17(20-15)24-12-13-5-3-2-4-6-13/h2-6,11H,7-10,12H2,1H3/p+1. The fourth-order valence-electron chi connectivity index (χ4n) is 2.53. The van der Waals surface area contributed by atoms with Gasteiger partial charge in [-0.1, -0.05) is 53.7 Å². The smallest absolute Gasteiger partial charge is 0.274 e. The van der Waals surface area contributed by atoms with Gasteiger partial charge in [0, 0.05) is 5.75 Å². The van der Waals surface area contributed by atoms with E-state index in [4.69, 9.17) is 11.6 Å². The molecule has 0 bridgehead atoms. The minimum Gasteiger partial charge on any atom is -0.334 e. The molecule has 1 aromatic heterocycles. The average molecular weight is 364 g/mol. The summed E-state index contributed by atoms with van der Waals surface area (Å²) in [5.74, 6) is 0.657. The Hall–Kier alpha value is -1.63. The quantitative estimate of drug-likeness (QED) is 0.659. The Labute approximate surface area is 151 Å². The molecule has 0 atom stereocenters. The van der Waals surface area contributed by atoms with Crippen LogP contribution in [0, 0.1) is 0 Å². The molecule has 2 aromatic rings. The molecular weight excluding hydrogens is 344 g/mol. The summed E-state index contributed by atoms with van der Waals surface area (Å²) in [6.07, 6.45) is 1.52. The number of carbonyl (C=O) groups excluding carboxylic acids is 1. The van der Waals surface area contributed by atoms with E-state index in [0.29, 0.717) is 15.9 Å². The third-order valence-corrected chi connectivity index (χ3v) is 5.25. The summed E-state index contributed by atoms with van der Waals surface area (Å²) >= 11 is 7.67. The van der Waals surface area contributed by atoms with Crippen molar-refractivity contribution in [3.63, 3.8) is 0 Å².